The third-order valence-electron chi connectivity index (χ3n) is 7.06. The smallest absolute Gasteiger partial charge is 0.275 e. The Balaban J connectivity index is 1.37. The van der Waals surface area contributed by atoms with Crippen LogP contribution in [0.15, 0.2) is 35.3 Å². The quantitative estimate of drug-likeness (QED) is 0.854. The summed E-state index contributed by atoms with van der Waals surface area (Å²) >= 11 is 0. The molecule has 1 heterocycles. The minimum Gasteiger partial charge on any atom is -0.341 e. The van der Waals surface area contributed by atoms with Gasteiger partial charge in [-0.25, -0.2) is 4.68 Å². The summed E-state index contributed by atoms with van der Waals surface area (Å²) < 4.78 is 1.32. The Morgan fingerprint density at radius 2 is 1.77 bits per heavy atom. The summed E-state index contributed by atoms with van der Waals surface area (Å²) in [6, 6.07) is 7.75. The van der Waals surface area contributed by atoms with E-state index in [1.807, 2.05) is 30.1 Å². The van der Waals surface area contributed by atoms with Gasteiger partial charge in [-0.15, -0.1) is 0 Å². The van der Waals surface area contributed by atoms with Crippen molar-refractivity contribution in [3.63, 3.8) is 0 Å². The molecule has 0 aliphatic heterocycles. The molecule has 4 aliphatic carbocycles. The Hall–Kier alpha value is -2.17. The fourth-order valence-electron chi connectivity index (χ4n) is 6.18. The van der Waals surface area contributed by atoms with Crippen LogP contribution in [0.25, 0.3) is 10.8 Å². The molecule has 0 N–H and O–H groups in total. The molecule has 5 nitrogen and oxygen atoms in total. The maximum absolute atomic E-state index is 13.0. The predicted molar refractivity (Wildman–Crippen MR) is 99.6 cm³/mol. The second-order valence-corrected chi connectivity index (χ2v) is 8.62. The number of benzene rings is 1. The molecule has 4 saturated carbocycles. The summed E-state index contributed by atoms with van der Waals surface area (Å²) in [7, 11) is 1.93. The van der Waals surface area contributed by atoms with E-state index in [0.717, 1.165) is 17.2 Å². The first-order chi connectivity index (χ1) is 12.6. The summed E-state index contributed by atoms with van der Waals surface area (Å²) in [6.07, 6.45) is 8.21. The Morgan fingerprint density at radius 1 is 1.12 bits per heavy atom. The van der Waals surface area contributed by atoms with Crippen molar-refractivity contribution in [1.29, 1.82) is 0 Å². The molecule has 4 bridgehead atoms. The fourth-order valence-corrected chi connectivity index (χ4v) is 6.18. The van der Waals surface area contributed by atoms with Crippen LogP contribution in [-0.2, 0) is 11.3 Å². The molecule has 0 radical (unpaired) electrons. The van der Waals surface area contributed by atoms with Gasteiger partial charge in [-0.05, 0) is 61.8 Å². The van der Waals surface area contributed by atoms with Gasteiger partial charge >= 0.3 is 0 Å². The summed E-state index contributed by atoms with van der Waals surface area (Å²) in [6.45, 7) is 0.0307. The monoisotopic (exact) mass is 351 g/mol. The number of hydrogen-bond donors (Lipinski definition) is 0. The van der Waals surface area contributed by atoms with Gasteiger partial charge in [0, 0.05) is 18.5 Å². The molecule has 0 spiro atoms. The van der Waals surface area contributed by atoms with E-state index in [9.17, 15) is 9.59 Å². The number of aromatic nitrogens is 2. The number of carbonyl (C=O) groups excluding carboxylic acids is 1. The Bertz CT molecular complexity index is 891. The van der Waals surface area contributed by atoms with Gasteiger partial charge in [-0.2, -0.15) is 5.10 Å². The van der Waals surface area contributed by atoms with E-state index in [4.69, 9.17) is 0 Å². The highest BCUT2D eigenvalue weighted by molar-refractivity contribution is 5.81. The van der Waals surface area contributed by atoms with Gasteiger partial charge in [0.05, 0.1) is 11.6 Å². The van der Waals surface area contributed by atoms with Crippen LogP contribution in [0.1, 0.15) is 32.1 Å². The topological polar surface area (TPSA) is 55.2 Å². The molecule has 2 aromatic rings. The highest BCUT2D eigenvalue weighted by Gasteiger charge is 2.50. The Kier molecular flexibility index (Phi) is 3.66. The number of amides is 1. The van der Waals surface area contributed by atoms with Gasteiger partial charge in [-0.1, -0.05) is 18.2 Å². The van der Waals surface area contributed by atoms with E-state index in [1.165, 1.54) is 36.8 Å². The second kappa shape index (κ2) is 5.93. The van der Waals surface area contributed by atoms with Gasteiger partial charge in [0.1, 0.15) is 6.54 Å². The van der Waals surface area contributed by atoms with E-state index >= 15 is 0 Å². The molecule has 1 aromatic heterocycles. The van der Waals surface area contributed by atoms with Crippen LogP contribution in [-0.4, -0.2) is 33.7 Å². The fraction of sp³-hybridized carbons (Fsp3) is 0.571. The molecule has 0 atom stereocenters. The number of nitrogens with zero attached hydrogens (tertiary/aromatic N) is 3. The first kappa shape index (κ1) is 16.0. The lowest BCUT2D eigenvalue weighted by molar-refractivity contribution is -0.142. The molecule has 0 saturated heterocycles. The van der Waals surface area contributed by atoms with Gasteiger partial charge < -0.3 is 4.90 Å². The first-order valence-electron chi connectivity index (χ1n) is 9.80. The molecular weight excluding hydrogens is 326 g/mol. The van der Waals surface area contributed by atoms with E-state index < -0.39 is 0 Å². The van der Waals surface area contributed by atoms with Crippen molar-refractivity contribution in [2.75, 3.05) is 7.05 Å². The standard InChI is InChI=1S/C21H25N3O2/c1-23(20-16-7-13-6-14(9-16)10-17(20)8-13)19(25)12-24-21(26)18-5-3-2-4-15(18)11-22-24/h2-5,11,13-14,16-17,20H,6-10,12H2,1H3. The van der Waals surface area contributed by atoms with Crippen molar-refractivity contribution >= 4 is 16.7 Å². The predicted octanol–water partition coefficient (Wildman–Crippen LogP) is 2.68. The first-order valence-corrected chi connectivity index (χ1v) is 9.80. The average Bonchev–Trinajstić information content (AvgIpc) is 2.63. The molecular formula is C21H25N3O2. The van der Waals surface area contributed by atoms with Crippen molar-refractivity contribution < 1.29 is 4.79 Å². The lowest BCUT2D eigenvalue weighted by Gasteiger charge is -2.56. The Morgan fingerprint density at radius 3 is 2.46 bits per heavy atom. The number of rotatable bonds is 3. The highest BCUT2D eigenvalue weighted by Crippen LogP contribution is 2.54. The normalized spacial score (nSPS) is 32.1. The minimum atomic E-state index is -0.185. The minimum absolute atomic E-state index is 0.00681. The van der Waals surface area contributed by atoms with Crippen LogP contribution in [0.2, 0.25) is 0 Å². The van der Waals surface area contributed by atoms with Crippen molar-refractivity contribution in [3.05, 3.63) is 40.8 Å². The molecule has 1 aromatic carbocycles. The molecule has 4 aliphatic rings. The lowest BCUT2D eigenvalue weighted by atomic mass is 9.54. The van der Waals surface area contributed by atoms with E-state index in [0.29, 0.717) is 23.3 Å². The second-order valence-electron chi connectivity index (χ2n) is 8.62. The third-order valence-corrected chi connectivity index (χ3v) is 7.06. The molecule has 1 amide bonds. The van der Waals surface area contributed by atoms with E-state index in [2.05, 4.69) is 5.10 Å². The van der Waals surface area contributed by atoms with Gasteiger partial charge in [-0.3, -0.25) is 9.59 Å². The molecule has 5 heteroatoms. The van der Waals surface area contributed by atoms with Crippen molar-refractivity contribution in [2.45, 2.75) is 44.7 Å². The molecule has 0 unspecified atom stereocenters. The van der Waals surface area contributed by atoms with E-state index in [-0.39, 0.29) is 18.0 Å². The number of hydrogen-bond acceptors (Lipinski definition) is 3. The average molecular weight is 351 g/mol. The maximum Gasteiger partial charge on any atom is 0.275 e. The van der Waals surface area contributed by atoms with Crippen LogP contribution in [0.4, 0.5) is 0 Å². The van der Waals surface area contributed by atoms with Crippen molar-refractivity contribution in [1.82, 2.24) is 14.7 Å². The van der Waals surface area contributed by atoms with Crippen LogP contribution in [0.3, 0.4) is 0 Å². The molecule has 4 fully saturated rings. The van der Waals surface area contributed by atoms with Crippen molar-refractivity contribution in [2.24, 2.45) is 23.7 Å². The highest BCUT2D eigenvalue weighted by atomic mass is 16.2. The largest absolute Gasteiger partial charge is 0.341 e. The number of carbonyl (C=O) groups is 1. The summed E-state index contributed by atoms with van der Waals surface area (Å²) in [5.41, 5.74) is -0.185. The zero-order chi connectivity index (χ0) is 17.8. The van der Waals surface area contributed by atoms with E-state index in [1.54, 1.807) is 12.3 Å². The zero-order valence-electron chi connectivity index (χ0n) is 15.2. The van der Waals surface area contributed by atoms with Gasteiger partial charge in [0.25, 0.3) is 5.56 Å². The van der Waals surface area contributed by atoms with Gasteiger partial charge in [0.15, 0.2) is 0 Å². The Labute approximate surface area is 153 Å². The van der Waals surface area contributed by atoms with Crippen LogP contribution in [0.5, 0.6) is 0 Å². The van der Waals surface area contributed by atoms with Gasteiger partial charge in [0.2, 0.25) is 5.91 Å². The SMILES string of the molecule is CN(C(=O)Cn1ncc2ccccc2c1=O)C1C2CC3CC(C2)CC1C3. The third kappa shape index (κ3) is 2.48. The summed E-state index contributed by atoms with van der Waals surface area (Å²) in [5, 5.41) is 5.66. The summed E-state index contributed by atoms with van der Waals surface area (Å²) in [5.74, 6) is 3.10. The molecule has 136 valence electrons. The maximum atomic E-state index is 13.0. The molecule has 26 heavy (non-hydrogen) atoms. The number of likely N-dealkylation sites (N-methyl/N-ethyl adjacent to an activating group) is 1. The van der Waals surface area contributed by atoms with Crippen LogP contribution in [0, 0.1) is 23.7 Å². The summed E-state index contributed by atoms with van der Waals surface area (Å²) in [4.78, 5) is 27.5. The van der Waals surface area contributed by atoms with Crippen LogP contribution < -0.4 is 5.56 Å². The number of fused-ring (bicyclic) bond motifs is 1. The van der Waals surface area contributed by atoms with Crippen molar-refractivity contribution in [3.8, 4) is 0 Å². The van der Waals surface area contributed by atoms with Crippen LogP contribution >= 0.6 is 0 Å². The zero-order valence-corrected chi connectivity index (χ0v) is 15.2. The lowest BCUT2D eigenvalue weighted by Crippen LogP contribution is -2.56. The molecule has 6 rings (SSSR count).